The Morgan fingerprint density at radius 2 is 2.06 bits per heavy atom. The summed E-state index contributed by atoms with van der Waals surface area (Å²) in [6.45, 7) is -0.283. The van der Waals surface area contributed by atoms with Crippen molar-refractivity contribution in [1.82, 2.24) is 4.98 Å². The zero-order chi connectivity index (χ0) is 11.4. The van der Waals surface area contributed by atoms with Gasteiger partial charge in [0.2, 0.25) is 0 Å². The minimum absolute atomic E-state index is 0.283. The number of aromatic nitrogens is 1. The van der Waals surface area contributed by atoms with Crippen LogP contribution in [0.15, 0.2) is 42.7 Å². The number of hydrogen-bond donors (Lipinski definition) is 1. The predicted molar refractivity (Wildman–Crippen MR) is 63.7 cm³/mol. The van der Waals surface area contributed by atoms with Gasteiger partial charge in [-0.2, -0.15) is 0 Å². The van der Waals surface area contributed by atoms with E-state index in [1.807, 2.05) is 18.2 Å². The topological polar surface area (TPSA) is 33.1 Å². The van der Waals surface area contributed by atoms with Gasteiger partial charge in [-0.05, 0) is 35.9 Å². The second-order valence-electron chi connectivity index (χ2n) is 3.13. The lowest BCUT2D eigenvalue weighted by molar-refractivity contribution is 0.342. The molecule has 2 aromatic rings. The molecule has 1 N–H and O–H groups in total. The third kappa shape index (κ3) is 2.35. The van der Waals surface area contributed by atoms with Gasteiger partial charge in [-0.25, -0.2) is 4.39 Å². The maximum atomic E-state index is 13.4. The number of rotatable bonds is 3. The van der Waals surface area contributed by atoms with Gasteiger partial charge in [0.1, 0.15) is 5.83 Å². The highest BCUT2D eigenvalue weighted by Gasteiger charge is 2.05. The molecule has 2 heterocycles. The standard InChI is InChI=1S/C12H10FNOS/c13-10(5-8-15)12-2-1-11(16-12)9-3-6-14-7-4-9/h1-7,15H,8H2. The zero-order valence-electron chi connectivity index (χ0n) is 8.43. The Kier molecular flexibility index (Phi) is 3.44. The van der Waals surface area contributed by atoms with Crippen LogP contribution in [-0.4, -0.2) is 16.7 Å². The lowest BCUT2D eigenvalue weighted by Gasteiger charge is -1.94. The number of halogens is 1. The molecule has 0 radical (unpaired) electrons. The molecule has 0 saturated heterocycles. The van der Waals surface area contributed by atoms with Crippen molar-refractivity contribution in [2.75, 3.05) is 6.61 Å². The van der Waals surface area contributed by atoms with Crippen LogP contribution in [0.3, 0.4) is 0 Å². The third-order valence-corrected chi connectivity index (χ3v) is 3.22. The first kappa shape index (κ1) is 11.0. The Morgan fingerprint density at radius 1 is 1.31 bits per heavy atom. The van der Waals surface area contributed by atoms with Crippen LogP contribution in [0.1, 0.15) is 4.88 Å². The van der Waals surface area contributed by atoms with E-state index in [9.17, 15) is 4.39 Å². The van der Waals surface area contributed by atoms with E-state index in [0.29, 0.717) is 4.88 Å². The van der Waals surface area contributed by atoms with E-state index in [1.54, 1.807) is 18.5 Å². The van der Waals surface area contributed by atoms with Crippen LogP contribution in [0.25, 0.3) is 16.3 Å². The molecule has 0 aliphatic heterocycles. The summed E-state index contributed by atoms with van der Waals surface area (Å²) in [6.07, 6.45) is 4.56. The van der Waals surface area contributed by atoms with E-state index in [-0.39, 0.29) is 12.4 Å². The number of hydrogen-bond acceptors (Lipinski definition) is 3. The maximum absolute atomic E-state index is 13.4. The van der Waals surface area contributed by atoms with Crippen LogP contribution in [0, 0.1) is 0 Å². The summed E-state index contributed by atoms with van der Waals surface area (Å²) in [5, 5.41) is 8.60. The summed E-state index contributed by atoms with van der Waals surface area (Å²) >= 11 is 1.35. The fourth-order valence-corrected chi connectivity index (χ4v) is 2.26. The van der Waals surface area contributed by atoms with Gasteiger partial charge in [0.25, 0.3) is 0 Å². The Labute approximate surface area is 96.7 Å². The van der Waals surface area contributed by atoms with Crippen LogP contribution >= 0.6 is 11.3 Å². The minimum Gasteiger partial charge on any atom is -0.392 e. The highest BCUT2D eigenvalue weighted by atomic mass is 32.1. The summed E-state index contributed by atoms with van der Waals surface area (Å²) in [7, 11) is 0. The van der Waals surface area contributed by atoms with Crippen molar-refractivity contribution in [1.29, 1.82) is 0 Å². The fraction of sp³-hybridized carbons (Fsp3) is 0.0833. The largest absolute Gasteiger partial charge is 0.392 e. The average molecular weight is 235 g/mol. The van der Waals surface area contributed by atoms with Crippen LogP contribution in [0.5, 0.6) is 0 Å². The summed E-state index contributed by atoms with van der Waals surface area (Å²) in [4.78, 5) is 5.44. The Balaban J connectivity index is 2.30. The van der Waals surface area contributed by atoms with Crippen LogP contribution < -0.4 is 0 Å². The van der Waals surface area contributed by atoms with Crippen molar-refractivity contribution < 1.29 is 9.50 Å². The van der Waals surface area contributed by atoms with E-state index in [4.69, 9.17) is 5.11 Å². The Hall–Kier alpha value is -1.52. The van der Waals surface area contributed by atoms with Crippen LogP contribution in [0.4, 0.5) is 4.39 Å². The lowest BCUT2D eigenvalue weighted by atomic mass is 10.2. The molecule has 0 amide bonds. The highest BCUT2D eigenvalue weighted by Crippen LogP contribution is 2.31. The molecule has 0 aliphatic rings. The monoisotopic (exact) mass is 235 g/mol. The molecular weight excluding hydrogens is 225 g/mol. The van der Waals surface area contributed by atoms with E-state index in [1.165, 1.54) is 11.3 Å². The number of thiophene rings is 1. The van der Waals surface area contributed by atoms with Crippen molar-refractivity contribution in [2.45, 2.75) is 0 Å². The normalized spacial score (nSPS) is 11.8. The molecule has 0 spiro atoms. The van der Waals surface area contributed by atoms with Crippen LogP contribution in [-0.2, 0) is 0 Å². The number of aliphatic hydroxyl groups is 1. The summed E-state index contributed by atoms with van der Waals surface area (Å²) < 4.78 is 13.4. The van der Waals surface area contributed by atoms with Crippen molar-refractivity contribution in [3.05, 3.63) is 47.6 Å². The number of pyridine rings is 1. The molecule has 16 heavy (non-hydrogen) atoms. The quantitative estimate of drug-likeness (QED) is 0.886. The van der Waals surface area contributed by atoms with Crippen molar-refractivity contribution in [3.8, 4) is 10.4 Å². The molecule has 0 atom stereocenters. The van der Waals surface area contributed by atoms with E-state index in [2.05, 4.69) is 4.98 Å². The Morgan fingerprint density at radius 3 is 2.75 bits per heavy atom. The second kappa shape index (κ2) is 5.01. The fourth-order valence-electron chi connectivity index (χ4n) is 1.32. The van der Waals surface area contributed by atoms with Gasteiger partial charge in [0.05, 0.1) is 11.5 Å². The molecule has 2 nitrogen and oxygen atoms in total. The highest BCUT2D eigenvalue weighted by molar-refractivity contribution is 7.16. The SMILES string of the molecule is OCC=C(F)c1ccc(-c2ccncc2)s1. The first-order valence-corrected chi connectivity index (χ1v) is 5.60. The van der Waals surface area contributed by atoms with Gasteiger partial charge in [0.15, 0.2) is 0 Å². The van der Waals surface area contributed by atoms with E-state index in [0.717, 1.165) is 16.5 Å². The van der Waals surface area contributed by atoms with Gasteiger partial charge in [-0.1, -0.05) is 0 Å². The molecule has 0 saturated carbocycles. The second-order valence-corrected chi connectivity index (χ2v) is 4.22. The Bertz CT molecular complexity index is 493. The molecule has 0 aliphatic carbocycles. The molecule has 4 heteroatoms. The third-order valence-electron chi connectivity index (χ3n) is 2.08. The number of nitrogens with zero attached hydrogens (tertiary/aromatic N) is 1. The van der Waals surface area contributed by atoms with Gasteiger partial charge in [0, 0.05) is 17.3 Å². The molecule has 0 bridgehead atoms. The molecule has 82 valence electrons. The first-order chi connectivity index (χ1) is 7.81. The average Bonchev–Trinajstić information content (AvgIpc) is 2.80. The van der Waals surface area contributed by atoms with Gasteiger partial charge in [-0.15, -0.1) is 11.3 Å². The minimum atomic E-state index is -0.382. The maximum Gasteiger partial charge on any atom is 0.138 e. The van der Waals surface area contributed by atoms with Crippen molar-refractivity contribution >= 4 is 17.2 Å². The van der Waals surface area contributed by atoms with Gasteiger partial charge < -0.3 is 5.11 Å². The molecule has 0 aromatic carbocycles. The van der Waals surface area contributed by atoms with Crippen molar-refractivity contribution in [3.63, 3.8) is 0 Å². The van der Waals surface area contributed by atoms with Crippen molar-refractivity contribution in [2.24, 2.45) is 0 Å². The molecule has 0 unspecified atom stereocenters. The zero-order valence-corrected chi connectivity index (χ0v) is 9.25. The molecule has 0 fully saturated rings. The van der Waals surface area contributed by atoms with Crippen LogP contribution in [0.2, 0.25) is 0 Å². The molecule has 2 aromatic heterocycles. The van der Waals surface area contributed by atoms with Gasteiger partial charge >= 0.3 is 0 Å². The first-order valence-electron chi connectivity index (χ1n) is 4.78. The lowest BCUT2D eigenvalue weighted by Crippen LogP contribution is -1.75. The predicted octanol–water partition coefficient (Wildman–Crippen LogP) is 3.11. The smallest absolute Gasteiger partial charge is 0.138 e. The molecule has 2 rings (SSSR count). The molecular formula is C12H10FNOS. The number of aliphatic hydroxyl groups excluding tert-OH is 1. The van der Waals surface area contributed by atoms with E-state index < -0.39 is 0 Å². The summed E-state index contributed by atoms with van der Waals surface area (Å²) in [5.74, 6) is -0.382. The summed E-state index contributed by atoms with van der Waals surface area (Å²) in [6, 6.07) is 7.33. The van der Waals surface area contributed by atoms with Gasteiger partial charge in [-0.3, -0.25) is 4.98 Å². The summed E-state index contributed by atoms with van der Waals surface area (Å²) in [5.41, 5.74) is 1.02. The van der Waals surface area contributed by atoms with E-state index >= 15 is 0 Å².